The number of hydrogen-bond donors (Lipinski definition) is 2. The van der Waals surface area contributed by atoms with Crippen LogP contribution >= 0.6 is 12.4 Å². The molecule has 1 saturated heterocycles. The van der Waals surface area contributed by atoms with Crippen LogP contribution in [0, 0.1) is 5.41 Å². The maximum absolute atomic E-state index is 12.6. The fraction of sp³-hybridized carbons (Fsp3) is 0.632. The Morgan fingerprint density at radius 3 is 2.56 bits per heavy atom. The van der Waals surface area contributed by atoms with Crippen LogP contribution in [-0.2, 0) is 16.0 Å². The van der Waals surface area contributed by atoms with Crippen molar-refractivity contribution in [3.63, 3.8) is 0 Å². The van der Waals surface area contributed by atoms with Crippen LogP contribution in [0.5, 0.6) is 0 Å². The molecule has 1 aromatic rings. The van der Waals surface area contributed by atoms with E-state index in [1.807, 2.05) is 42.2 Å². The zero-order chi connectivity index (χ0) is 17.2. The first-order valence-corrected chi connectivity index (χ1v) is 8.95. The maximum atomic E-state index is 12.6. The average Bonchev–Trinajstić information content (AvgIpc) is 2.62. The molecule has 0 bridgehead atoms. The van der Waals surface area contributed by atoms with Crippen LogP contribution in [0.15, 0.2) is 30.3 Å². The second-order valence-electron chi connectivity index (χ2n) is 7.05. The number of aliphatic hydroxyl groups excluding tert-OH is 1. The van der Waals surface area contributed by atoms with Crippen LogP contribution in [0.1, 0.15) is 31.7 Å². The van der Waals surface area contributed by atoms with E-state index in [0.29, 0.717) is 26.1 Å². The largest absolute Gasteiger partial charge is 0.392 e. The molecular weight excluding hydrogens is 340 g/mol. The van der Waals surface area contributed by atoms with E-state index in [9.17, 15) is 9.90 Å². The normalized spacial score (nSPS) is 25.8. The number of halogens is 1. The summed E-state index contributed by atoms with van der Waals surface area (Å²) in [6.07, 6.45) is 2.70. The zero-order valence-corrected chi connectivity index (χ0v) is 15.6. The summed E-state index contributed by atoms with van der Waals surface area (Å²) in [5.41, 5.74) is 7.06. The zero-order valence-electron chi connectivity index (χ0n) is 14.8. The SMILES string of the molecule is CCOC1CC(O)C12CCN(C(=O)C(N)Cc1ccccc1)CC2.Cl. The lowest BCUT2D eigenvalue weighted by Gasteiger charge is -2.56. The molecule has 1 heterocycles. The number of aliphatic hydroxyl groups is 1. The van der Waals surface area contributed by atoms with Crippen molar-refractivity contribution in [2.75, 3.05) is 19.7 Å². The number of benzene rings is 1. The molecule has 3 rings (SSSR count). The number of nitrogens with two attached hydrogens (primary N) is 1. The molecule has 2 aliphatic rings. The molecule has 1 aromatic carbocycles. The first-order valence-electron chi connectivity index (χ1n) is 8.95. The topological polar surface area (TPSA) is 75.8 Å². The molecule has 1 saturated carbocycles. The fourth-order valence-corrected chi connectivity index (χ4v) is 4.15. The third kappa shape index (κ3) is 4.00. The van der Waals surface area contributed by atoms with Crippen LogP contribution in [0.25, 0.3) is 0 Å². The molecule has 2 fully saturated rings. The minimum absolute atomic E-state index is 0. The van der Waals surface area contributed by atoms with E-state index in [-0.39, 0.29) is 35.9 Å². The van der Waals surface area contributed by atoms with Crippen LogP contribution < -0.4 is 5.73 Å². The summed E-state index contributed by atoms with van der Waals surface area (Å²) in [7, 11) is 0. The fourth-order valence-electron chi connectivity index (χ4n) is 4.15. The van der Waals surface area contributed by atoms with E-state index >= 15 is 0 Å². The Labute approximate surface area is 155 Å². The number of nitrogens with zero attached hydrogens (tertiary/aromatic N) is 1. The highest BCUT2D eigenvalue weighted by Gasteiger charge is 2.56. The molecule has 3 atom stereocenters. The van der Waals surface area contributed by atoms with Gasteiger partial charge >= 0.3 is 0 Å². The lowest BCUT2D eigenvalue weighted by atomic mass is 9.58. The predicted octanol–water partition coefficient (Wildman–Crippen LogP) is 1.76. The van der Waals surface area contributed by atoms with Gasteiger partial charge in [-0.25, -0.2) is 0 Å². The number of rotatable bonds is 5. The van der Waals surface area contributed by atoms with E-state index in [2.05, 4.69) is 0 Å². The Morgan fingerprint density at radius 1 is 1.36 bits per heavy atom. The van der Waals surface area contributed by atoms with Crippen molar-refractivity contribution in [2.45, 2.75) is 50.9 Å². The van der Waals surface area contributed by atoms with Crippen molar-refractivity contribution in [1.82, 2.24) is 4.90 Å². The number of carbonyl (C=O) groups excluding carboxylic acids is 1. The molecule has 25 heavy (non-hydrogen) atoms. The summed E-state index contributed by atoms with van der Waals surface area (Å²) < 4.78 is 5.78. The lowest BCUT2D eigenvalue weighted by Crippen LogP contribution is -2.63. The van der Waals surface area contributed by atoms with Gasteiger partial charge in [-0.1, -0.05) is 30.3 Å². The Kier molecular flexibility index (Phi) is 6.86. The highest BCUT2D eigenvalue weighted by Crippen LogP contribution is 2.50. The molecular formula is C19H29ClN2O3. The summed E-state index contributed by atoms with van der Waals surface area (Å²) in [6, 6.07) is 9.37. The number of likely N-dealkylation sites (tertiary alicyclic amines) is 1. The average molecular weight is 369 g/mol. The predicted molar refractivity (Wildman–Crippen MR) is 99.7 cm³/mol. The van der Waals surface area contributed by atoms with E-state index < -0.39 is 6.04 Å². The molecule has 3 N–H and O–H groups in total. The minimum Gasteiger partial charge on any atom is -0.392 e. The van der Waals surface area contributed by atoms with Crippen LogP contribution in [0.2, 0.25) is 0 Å². The number of hydrogen-bond acceptors (Lipinski definition) is 4. The van der Waals surface area contributed by atoms with Gasteiger partial charge in [-0.3, -0.25) is 4.79 Å². The molecule has 0 radical (unpaired) electrons. The van der Waals surface area contributed by atoms with Crippen molar-refractivity contribution in [3.8, 4) is 0 Å². The Morgan fingerprint density at radius 2 is 2.00 bits per heavy atom. The van der Waals surface area contributed by atoms with Gasteiger partial charge in [-0.15, -0.1) is 12.4 Å². The van der Waals surface area contributed by atoms with Crippen molar-refractivity contribution in [3.05, 3.63) is 35.9 Å². The van der Waals surface area contributed by atoms with Gasteiger partial charge in [0, 0.05) is 31.5 Å². The summed E-state index contributed by atoms with van der Waals surface area (Å²) in [5.74, 6) is 0.00970. The number of amides is 1. The van der Waals surface area contributed by atoms with Crippen LogP contribution in [0.4, 0.5) is 0 Å². The number of ether oxygens (including phenoxy) is 1. The van der Waals surface area contributed by atoms with Gasteiger partial charge < -0.3 is 20.5 Å². The number of carbonyl (C=O) groups is 1. The van der Waals surface area contributed by atoms with Gasteiger partial charge in [0.2, 0.25) is 5.91 Å². The lowest BCUT2D eigenvalue weighted by molar-refractivity contribution is -0.210. The van der Waals surface area contributed by atoms with Gasteiger partial charge in [0.05, 0.1) is 18.2 Å². The molecule has 3 unspecified atom stereocenters. The summed E-state index contributed by atoms with van der Waals surface area (Å²) in [5, 5.41) is 10.2. The summed E-state index contributed by atoms with van der Waals surface area (Å²) >= 11 is 0. The molecule has 1 amide bonds. The van der Waals surface area contributed by atoms with Gasteiger partial charge in [0.1, 0.15) is 0 Å². The molecule has 1 aliphatic carbocycles. The molecule has 6 heteroatoms. The van der Waals surface area contributed by atoms with E-state index in [4.69, 9.17) is 10.5 Å². The first-order chi connectivity index (χ1) is 11.6. The summed E-state index contributed by atoms with van der Waals surface area (Å²) in [4.78, 5) is 14.5. The van der Waals surface area contributed by atoms with E-state index in [1.54, 1.807) is 0 Å². The van der Waals surface area contributed by atoms with Crippen molar-refractivity contribution in [2.24, 2.45) is 11.1 Å². The first kappa shape index (κ1) is 20.2. The highest BCUT2D eigenvalue weighted by atomic mass is 35.5. The highest BCUT2D eigenvalue weighted by molar-refractivity contribution is 5.85. The Balaban J connectivity index is 0.00000225. The monoisotopic (exact) mass is 368 g/mol. The smallest absolute Gasteiger partial charge is 0.239 e. The molecule has 1 aliphatic heterocycles. The molecule has 0 aromatic heterocycles. The van der Waals surface area contributed by atoms with Gasteiger partial charge in [-0.2, -0.15) is 0 Å². The quantitative estimate of drug-likeness (QED) is 0.830. The molecule has 1 spiro atoms. The standard InChI is InChI=1S/C19H28N2O3.ClH/c1-2-24-17-13-16(22)19(17)8-10-21(11-9-19)18(23)15(20)12-14-6-4-3-5-7-14;/h3-7,15-17,22H,2,8-13,20H2,1H3;1H. The third-order valence-electron chi connectivity index (χ3n) is 5.73. The Bertz CT molecular complexity index is 559. The second kappa shape index (κ2) is 8.49. The van der Waals surface area contributed by atoms with Gasteiger partial charge in [0.25, 0.3) is 0 Å². The molecule has 140 valence electrons. The van der Waals surface area contributed by atoms with Crippen molar-refractivity contribution in [1.29, 1.82) is 0 Å². The van der Waals surface area contributed by atoms with Gasteiger partial charge in [0.15, 0.2) is 0 Å². The second-order valence-corrected chi connectivity index (χ2v) is 7.05. The van der Waals surface area contributed by atoms with E-state index in [1.165, 1.54) is 0 Å². The maximum Gasteiger partial charge on any atom is 0.239 e. The number of piperidine rings is 1. The van der Waals surface area contributed by atoms with Crippen molar-refractivity contribution >= 4 is 18.3 Å². The Hall–Kier alpha value is -1.14. The van der Waals surface area contributed by atoms with Gasteiger partial charge in [-0.05, 0) is 31.7 Å². The minimum atomic E-state index is -0.504. The third-order valence-corrected chi connectivity index (χ3v) is 5.73. The van der Waals surface area contributed by atoms with E-state index in [0.717, 1.165) is 24.8 Å². The summed E-state index contributed by atoms with van der Waals surface area (Å²) in [6.45, 7) is 3.97. The van der Waals surface area contributed by atoms with Crippen LogP contribution in [0.3, 0.4) is 0 Å². The molecule has 5 nitrogen and oxygen atoms in total. The van der Waals surface area contributed by atoms with Crippen LogP contribution in [-0.4, -0.2) is 53.9 Å². The van der Waals surface area contributed by atoms with Crippen molar-refractivity contribution < 1.29 is 14.6 Å².